The monoisotopic (exact) mass is 422 g/mol. The molecule has 0 aliphatic heterocycles. The Morgan fingerprint density at radius 3 is 2.13 bits per heavy atom. The number of hydrogen-bond donors (Lipinski definition) is 1. The van der Waals surface area contributed by atoms with E-state index in [1.54, 1.807) is 24.3 Å². The van der Waals surface area contributed by atoms with E-state index in [9.17, 15) is 13.2 Å². The zero-order chi connectivity index (χ0) is 21.7. The topological polar surface area (TPSA) is 66.5 Å². The first-order valence-corrected chi connectivity index (χ1v) is 11.2. The van der Waals surface area contributed by atoms with Crippen LogP contribution in [0.15, 0.2) is 77.7 Å². The van der Waals surface area contributed by atoms with Crippen molar-refractivity contribution < 1.29 is 13.2 Å². The summed E-state index contributed by atoms with van der Waals surface area (Å²) in [4.78, 5) is 12.9. The molecule has 0 atom stereocenters. The van der Waals surface area contributed by atoms with Crippen LogP contribution >= 0.6 is 0 Å². The van der Waals surface area contributed by atoms with Crippen LogP contribution in [0.25, 0.3) is 0 Å². The molecule has 0 aliphatic carbocycles. The molecular formula is C24H26N2O3S. The fraction of sp³-hybridized carbons (Fsp3) is 0.208. The average molecular weight is 423 g/mol. The van der Waals surface area contributed by atoms with Gasteiger partial charge in [-0.3, -0.25) is 9.10 Å². The third-order valence-corrected chi connectivity index (χ3v) is 6.62. The van der Waals surface area contributed by atoms with E-state index in [2.05, 4.69) is 5.32 Å². The minimum atomic E-state index is -3.90. The number of hydrogen-bond acceptors (Lipinski definition) is 3. The van der Waals surface area contributed by atoms with Crippen molar-refractivity contribution in [1.82, 2.24) is 5.32 Å². The van der Waals surface area contributed by atoms with Crippen molar-refractivity contribution in [2.24, 2.45) is 0 Å². The number of nitrogens with one attached hydrogen (secondary N) is 1. The highest BCUT2D eigenvalue weighted by Crippen LogP contribution is 2.27. The Hall–Kier alpha value is -3.12. The molecular weight excluding hydrogens is 396 g/mol. The molecule has 0 unspecified atom stereocenters. The molecule has 1 amide bonds. The van der Waals surface area contributed by atoms with Gasteiger partial charge in [-0.1, -0.05) is 65.7 Å². The summed E-state index contributed by atoms with van der Waals surface area (Å²) < 4.78 is 27.9. The first kappa shape index (κ1) is 21.6. The van der Waals surface area contributed by atoms with Gasteiger partial charge in [-0.2, -0.15) is 0 Å². The molecule has 3 aromatic carbocycles. The summed E-state index contributed by atoms with van der Waals surface area (Å²) in [6.07, 6.45) is 0. The summed E-state index contributed by atoms with van der Waals surface area (Å²) in [7, 11) is -3.90. The molecule has 30 heavy (non-hydrogen) atoms. The number of rotatable bonds is 7. The van der Waals surface area contributed by atoms with Crippen LogP contribution in [0, 0.1) is 20.8 Å². The maximum absolute atomic E-state index is 13.4. The van der Waals surface area contributed by atoms with E-state index in [-0.39, 0.29) is 17.3 Å². The molecule has 0 saturated heterocycles. The average Bonchev–Trinajstić information content (AvgIpc) is 2.73. The second kappa shape index (κ2) is 9.13. The predicted octanol–water partition coefficient (Wildman–Crippen LogP) is 4.12. The van der Waals surface area contributed by atoms with Crippen LogP contribution < -0.4 is 9.62 Å². The minimum Gasteiger partial charge on any atom is -0.350 e. The first-order chi connectivity index (χ1) is 14.3. The van der Waals surface area contributed by atoms with Gasteiger partial charge < -0.3 is 5.32 Å². The lowest BCUT2D eigenvalue weighted by Gasteiger charge is -2.26. The van der Waals surface area contributed by atoms with Crippen LogP contribution in [0.1, 0.15) is 22.3 Å². The predicted molar refractivity (Wildman–Crippen MR) is 120 cm³/mol. The van der Waals surface area contributed by atoms with Gasteiger partial charge in [0.05, 0.1) is 10.6 Å². The smallest absolute Gasteiger partial charge is 0.264 e. The summed E-state index contributed by atoms with van der Waals surface area (Å²) in [6.45, 7) is 5.83. The Bertz CT molecular complexity index is 1120. The number of carbonyl (C=O) groups excluding carboxylic acids is 1. The minimum absolute atomic E-state index is 0.149. The van der Waals surface area contributed by atoms with Crippen molar-refractivity contribution in [1.29, 1.82) is 0 Å². The van der Waals surface area contributed by atoms with Gasteiger partial charge in [-0.05, 0) is 50.1 Å². The molecule has 0 heterocycles. The normalized spacial score (nSPS) is 11.2. The van der Waals surface area contributed by atoms with E-state index < -0.39 is 10.0 Å². The quantitative estimate of drug-likeness (QED) is 0.623. The van der Waals surface area contributed by atoms with Crippen LogP contribution in [0.3, 0.4) is 0 Å². The summed E-state index contributed by atoms with van der Waals surface area (Å²) in [5.41, 5.74) is 4.41. The van der Waals surface area contributed by atoms with Crippen molar-refractivity contribution in [2.75, 3.05) is 10.8 Å². The summed E-state index contributed by atoms with van der Waals surface area (Å²) in [5, 5.41) is 2.83. The molecule has 0 saturated carbocycles. The van der Waals surface area contributed by atoms with Crippen LogP contribution in [-0.2, 0) is 21.4 Å². The second-order valence-corrected chi connectivity index (χ2v) is 9.24. The van der Waals surface area contributed by atoms with Gasteiger partial charge in [0.2, 0.25) is 5.91 Å². The highest BCUT2D eigenvalue weighted by molar-refractivity contribution is 7.92. The number of benzene rings is 3. The summed E-state index contributed by atoms with van der Waals surface area (Å²) >= 11 is 0. The van der Waals surface area contributed by atoms with E-state index in [4.69, 9.17) is 0 Å². The van der Waals surface area contributed by atoms with Crippen LogP contribution in [0.2, 0.25) is 0 Å². The van der Waals surface area contributed by atoms with Crippen LogP contribution in [0.5, 0.6) is 0 Å². The van der Waals surface area contributed by atoms with E-state index in [0.717, 1.165) is 22.3 Å². The van der Waals surface area contributed by atoms with E-state index in [1.165, 1.54) is 16.4 Å². The number of aryl methyl sites for hydroxylation is 3. The summed E-state index contributed by atoms with van der Waals surface area (Å²) in [6, 6.07) is 21.5. The molecule has 0 bridgehead atoms. The number of amides is 1. The third-order valence-electron chi connectivity index (χ3n) is 4.85. The van der Waals surface area contributed by atoms with Gasteiger partial charge in [0.15, 0.2) is 0 Å². The largest absolute Gasteiger partial charge is 0.350 e. The molecule has 0 aromatic heterocycles. The lowest BCUT2D eigenvalue weighted by molar-refractivity contribution is -0.119. The molecule has 0 spiro atoms. The lowest BCUT2D eigenvalue weighted by atomic mass is 10.1. The molecule has 0 radical (unpaired) electrons. The first-order valence-electron chi connectivity index (χ1n) is 9.74. The van der Waals surface area contributed by atoms with Gasteiger partial charge in [0, 0.05) is 6.54 Å². The molecule has 3 rings (SSSR count). The fourth-order valence-electron chi connectivity index (χ4n) is 3.20. The maximum atomic E-state index is 13.4. The third kappa shape index (κ3) is 5.07. The Labute approximate surface area is 178 Å². The van der Waals surface area contributed by atoms with Crippen LogP contribution in [-0.4, -0.2) is 20.9 Å². The SMILES string of the molecule is Cc1ccc(CNC(=O)CN(c2ccc(C)cc2C)S(=O)(=O)c2ccccc2)cc1. The number of sulfonamides is 1. The molecule has 0 aliphatic rings. The van der Waals surface area contributed by atoms with E-state index >= 15 is 0 Å². The van der Waals surface area contributed by atoms with Crippen molar-refractivity contribution in [3.05, 3.63) is 95.1 Å². The fourth-order valence-corrected chi connectivity index (χ4v) is 4.70. The Morgan fingerprint density at radius 1 is 0.867 bits per heavy atom. The van der Waals surface area contributed by atoms with Gasteiger partial charge in [0.1, 0.15) is 6.54 Å². The summed E-state index contributed by atoms with van der Waals surface area (Å²) in [5.74, 6) is -0.366. The highest BCUT2D eigenvalue weighted by Gasteiger charge is 2.28. The van der Waals surface area contributed by atoms with Crippen molar-refractivity contribution in [3.63, 3.8) is 0 Å². The molecule has 0 fully saturated rings. The van der Waals surface area contributed by atoms with Crippen molar-refractivity contribution >= 4 is 21.6 Å². The number of carbonyl (C=O) groups is 1. The van der Waals surface area contributed by atoms with E-state index in [0.29, 0.717) is 12.2 Å². The highest BCUT2D eigenvalue weighted by atomic mass is 32.2. The standard InChI is InChI=1S/C24H26N2O3S/c1-18-9-12-21(13-10-18)16-25-24(27)17-26(23-14-11-19(2)15-20(23)3)30(28,29)22-7-5-4-6-8-22/h4-15H,16-17H2,1-3H3,(H,25,27). The zero-order valence-electron chi connectivity index (χ0n) is 17.4. The van der Waals surface area contributed by atoms with Gasteiger partial charge in [-0.15, -0.1) is 0 Å². The molecule has 5 nitrogen and oxygen atoms in total. The molecule has 3 aromatic rings. The lowest BCUT2D eigenvalue weighted by Crippen LogP contribution is -2.41. The van der Waals surface area contributed by atoms with Crippen molar-refractivity contribution in [3.8, 4) is 0 Å². The van der Waals surface area contributed by atoms with Crippen molar-refractivity contribution in [2.45, 2.75) is 32.2 Å². The Morgan fingerprint density at radius 2 is 1.50 bits per heavy atom. The second-order valence-electron chi connectivity index (χ2n) is 7.38. The van der Waals surface area contributed by atoms with Gasteiger partial charge in [-0.25, -0.2) is 8.42 Å². The molecule has 156 valence electrons. The zero-order valence-corrected chi connectivity index (χ0v) is 18.2. The van der Waals surface area contributed by atoms with Crippen LogP contribution in [0.4, 0.5) is 5.69 Å². The van der Waals surface area contributed by atoms with Gasteiger partial charge in [0.25, 0.3) is 10.0 Å². The number of nitrogens with zero attached hydrogens (tertiary/aromatic N) is 1. The molecule has 6 heteroatoms. The Kier molecular flexibility index (Phi) is 6.57. The maximum Gasteiger partial charge on any atom is 0.264 e. The van der Waals surface area contributed by atoms with E-state index in [1.807, 2.05) is 57.2 Å². The Balaban J connectivity index is 1.87. The molecule has 1 N–H and O–H groups in total. The number of anilines is 1. The van der Waals surface area contributed by atoms with Gasteiger partial charge >= 0.3 is 0 Å².